The van der Waals surface area contributed by atoms with E-state index < -0.39 is 6.85 Å². The van der Waals surface area contributed by atoms with Crippen molar-refractivity contribution >= 4 is 33.2 Å². The molecule has 0 atom stereocenters. The molecule has 0 fully saturated rings. The van der Waals surface area contributed by atoms with Crippen LogP contribution in [0.5, 0.6) is 11.5 Å². The summed E-state index contributed by atoms with van der Waals surface area (Å²) in [6.07, 6.45) is 5.58. The van der Waals surface area contributed by atoms with Crippen LogP contribution in [0.4, 0.5) is 11.4 Å². The molecule has 0 spiro atoms. The molecule has 4 aromatic carbocycles. The minimum absolute atomic E-state index is 0. The molecule has 0 radical (unpaired) electrons. The number of rotatable bonds is 5. The maximum Gasteiger partial charge on any atom is 0.135 e. The van der Waals surface area contributed by atoms with Crippen molar-refractivity contribution in [1.29, 1.82) is 0 Å². The van der Waals surface area contributed by atoms with E-state index in [4.69, 9.17) is 8.85 Å². The zero-order valence-electron chi connectivity index (χ0n) is 27.9. The fourth-order valence-corrected chi connectivity index (χ4v) is 5.53. The van der Waals surface area contributed by atoms with Crippen LogP contribution < -0.4 is 14.5 Å². The van der Waals surface area contributed by atoms with Gasteiger partial charge in [0.1, 0.15) is 5.82 Å². The molecule has 5 nitrogen and oxygen atoms in total. The summed E-state index contributed by atoms with van der Waals surface area (Å²) in [5.74, 6) is 1.56. The van der Waals surface area contributed by atoms with Gasteiger partial charge in [-0.15, -0.1) is 48.1 Å². The van der Waals surface area contributed by atoms with Gasteiger partial charge in [-0.05, 0) is 77.9 Å². The van der Waals surface area contributed by atoms with Crippen molar-refractivity contribution < 1.29 is 29.9 Å². The number of hydrogen-bond acceptors (Lipinski definition) is 4. The van der Waals surface area contributed by atoms with Crippen molar-refractivity contribution in [3.05, 3.63) is 139 Å². The number of anilines is 2. The second-order valence-electron chi connectivity index (χ2n) is 11.8. The molecule has 0 saturated carbocycles. The molecule has 0 aliphatic carbocycles. The Bertz CT molecular complexity index is 2130. The Balaban J connectivity index is 0.00000386. The van der Waals surface area contributed by atoms with Crippen LogP contribution in [0.15, 0.2) is 104 Å². The van der Waals surface area contributed by atoms with Crippen molar-refractivity contribution in [2.75, 3.05) is 9.80 Å². The van der Waals surface area contributed by atoms with Gasteiger partial charge in [-0.25, -0.2) is 4.98 Å². The van der Waals surface area contributed by atoms with Crippen LogP contribution in [0.25, 0.3) is 27.6 Å². The number of pyridine rings is 1. The summed E-state index contributed by atoms with van der Waals surface area (Å²) in [7, 11) is 0. The molecule has 2 aromatic heterocycles. The number of aryl methyl sites for hydroxylation is 2. The van der Waals surface area contributed by atoms with Gasteiger partial charge >= 0.3 is 0 Å². The summed E-state index contributed by atoms with van der Waals surface area (Å²) in [5.41, 5.74) is 6.43. The number of fused-ring (bicyclic) bond motifs is 3. The van der Waals surface area contributed by atoms with Crippen LogP contribution in [0, 0.1) is 32.6 Å². The monoisotopic (exact) mass is 759 g/mol. The Morgan fingerprint density at radius 1 is 0.841 bits per heavy atom. The number of hydrogen-bond donors (Lipinski definition) is 0. The smallest absolute Gasteiger partial charge is 0.135 e. The van der Waals surface area contributed by atoms with Crippen molar-refractivity contribution in [2.24, 2.45) is 0 Å². The van der Waals surface area contributed by atoms with Gasteiger partial charge in [0, 0.05) is 54.1 Å². The van der Waals surface area contributed by atoms with E-state index in [9.17, 15) is 0 Å². The quantitative estimate of drug-likeness (QED) is 0.164. The van der Waals surface area contributed by atoms with E-state index in [1.165, 1.54) is 23.4 Å². The van der Waals surface area contributed by atoms with Crippen LogP contribution in [0.1, 0.15) is 41.6 Å². The molecule has 0 bridgehead atoms. The molecule has 0 unspecified atom stereocenters. The molecular formula is C38H33N4OPt-3. The normalized spacial score (nSPS) is 14.4. The molecule has 1 aliphatic rings. The SMILES string of the molecule is [2H]C([2H])([2H])c1ccnc(-n2c3[c-]c(Oc4[c-]c(N5C=CN(c6ccc(C(C)(C)C)cc6C)[CH-]5)ccc4)ccc3c3ccccc32)c1.[Pt]. The van der Waals surface area contributed by atoms with Gasteiger partial charge < -0.3 is 19.1 Å². The Morgan fingerprint density at radius 2 is 1.66 bits per heavy atom. The van der Waals surface area contributed by atoms with Gasteiger partial charge in [0.2, 0.25) is 0 Å². The first-order valence-corrected chi connectivity index (χ1v) is 14.3. The van der Waals surface area contributed by atoms with Gasteiger partial charge in [0.05, 0.1) is 0 Å². The second-order valence-corrected chi connectivity index (χ2v) is 11.8. The van der Waals surface area contributed by atoms with E-state index >= 15 is 0 Å². The van der Waals surface area contributed by atoms with E-state index in [0.29, 0.717) is 17.3 Å². The zero-order chi connectivity index (χ0) is 32.2. The predicted molar refractivity (Wildman–Crippen MR) is 176 cm³/mol. The summed E-state index contributed by atoms with van der Waals surface area (Å²) < 4.78 is 32.0. The molecular weight excluding hydrogens is 724 g/mol. The van der Waals surface area contributed by atoms with Crippen molar-refractivity contribution in [1.82, 2.24) is 9.55 Å². The molecule has 224 valence electrons. The van der Waals surface area contributed by atoms with Gasteiger partial charge in [-0.1, -0.05) is 56.6 Å². The van der Waals surface area contributed by atoms with E-state index in [-0.39, 0.29) is 32.0 Å². The summed E-state index contributed by atoms with van der Waals surface area (Å²) in [5, 5.41) is 1.98. The fraction of sp³-hybridized carbons (Fsp3) is 0.158. The van der Waals surface area contributed by atoms with E-state index in [0.717, 1.165) is 33.2 Å². The number of benzene rings is 4. The Morgan fingerprint density at radius 3 is 2.48 bits per heavy atom. The van der Waals surface area contributed by atoms with E-state index in [1.54, 1.807) is 6.07 Å². The maximum atomic E-state index is 7.90. The first-order chi connectivity index (χ1) is 22.0. The van der Waals surface area contributed by atoms with Gasteiger partial charge in [-0.2, -0.15) is 12.1 Å². The van der Waals surface area contributed by atoms with E-state index in [2.05, 4.69) is 67.9 Å². The minimum atomic E-state index is -2.25. The molecule has 1 aliphatic heterocycles. The molecule has 6 aromatic rings. The molecule has 3 heterocycles. The van der Waals surface area contributed by atoms with Gasteiger partial charge in [0.25, 0.3) is 0 Å². The summed E-state index contributed by atoms with van der Waals surface area (Å²) in [4.78, 5) is 8.66. The third-order valence-corrected chi connectivity index (χ3v) is 7.76. The molecule has 7 rings (SSSR count). The van der Waals surface area contributed by atoms with Crippen LogP contribution in [0.3, 0.4) is 0 Å². The molecule has 0 saturated heterocycles. The van der Waals surface area contributed by atoms with Crippen LogP contribution in [-0.4, -0.2) is 9.55 Å². The van der Waals surface area contributed by atoms with Crippen molar-refractivity contribution in [2.45, 2.75) is 40.0 Å². The van der Waals surface area contributed by atoms with Crippen molar-refractivity contribution in [3.63, 3.8) is 0 Å². The van der Waals surface area contributed by atoms with Crippen LogP contribution in [-0.2, 0) is 26.5 Å². The molecule has 6 heteroatoms. The van der Waals surface area contributed by atoms with Gasteiger partial charge in [-0.3, -0.25) is 0 Å². The minimum Gasteiger partial charge on any atom is -0.509 e. The number of nitrogens with zero attached hydrogens (tertiary/aromatic N) is 4. The Hall–Kier alpha value is -4.34. The number of ether oxygens (including phenoxy) is 1. The maximum absolute atomic E-state index is 7.90. The summed E-state index contributed by atoms with van der Waals surface area (Å²) in [6, 6.07) is 34.2. The molecule has 44 heavy (non-hydrogen) atoms. The Labute approximate surface area is 277 Å². The fourth-order valence-electron chi connectivity index (χ4n) is 5.53. The van der Waals surface area contributed by atoms with Crippen molar-refractivity contribution in [3.8, 4) is 17.3 Å². The predicted octanol–water partition coefficient (Wildman–Crippen LogP) is 9.40. The van der Waals surface area contributed by atoms with Gasteiger partial charge in [0.15, 0.2) is 0 Å². The van der Waals surface area contributed by atoms with Crippen LogP contribution in [0.2, 0.25) is 0 Å². The summed E-state index contributed by atoms with van der Waals surface area (Å²) >= 11 is 0. The third-order valence-electron chi connectivity index (χ3n) is 7.76. The summed E-state index contributed by atoms with van der Waals surface area (Å²) in [6.45, 7) is 8.61. The van der Waals surface area contributed by atoms with Crippen LogP contribution >= 0.6 is 0 Å². The van der Waals surface area contributed by atoms with E-state index in [1.807, 2.05) is 83.1 Å². The first-order valence-electron chi connectivity index (χ1n) is 15.8. The molecule has 0 N–H and O–H groups in total. The first kappa shape index (κ1) is 26.1. The zero-order valence-corrected chi connectivity index (χ0v) is 27.2. The number of aromatic nitrogens is 2. The largest absolute Gasteiger partial charge is 0.509 e. The average Bonchev–Trinajstić information content (AvgIpc) is 3.64. The topological polar surface area (TPSA) is 33.5 Å². The number of para-hydroxylation sites is 1. The third kappa shape index (κ3) is 5.53. The Kier molecular flexibility index (Phi) is 6.90. The molecule has 0 amide bonds. The standard InChI is InChI=1S/C38H33N4O.Pt/c1-26-17-18-39-37(21-26)42-35-12-7-6-11-32(35)33-15-14-31(24-36(33)42)43-30-10-8-9-29(23-30)40-19-20-41(25-40)34-16-13-28(22-27(34)2)38(3,4)5;/h6-22,25H,1-5H3;/q-3;/i1D3;. The second kappa shape index (κ2) is 11.6. The average molecular weight is 760 g/mol.